The van der Waals surface area contributed by atoms with Gasteiger partial charge in [-0.05, 0) is 32.4 Å². The number of fused-ring (bicyclic) bond motifs is 1. The largest absolute Gasteiger partial charge is 0.368 e. The summed E-state index contributed by atoms with van der Waals surface area (Å²) in [4.78, 5) is 4.33. The highest BCUT2D eigenvalue weighted by molar-refractivity contribution is 7.89. The number of nitrogens with zero attached hydrogens (tertiary/aromatic N) is 2. The van der Waals surface area contributed by atoms with Gasteiger partial charge in [-0.15, -0.1) is 0 Å². The van der Waals surface area contributed by atoms with Gasteiger partial charge < -0.3 is 5.32 Å². The van der Waals surface area contributed by atoms with Crippen LogP contribution in [-0.2, 0) is 10.0 Å². The van der Waals surface area contributed by atoms with Crippen LogP contribution in [0.5, 0.6) is 0 Å². The quantitative estimate of drug-likeness (QED) is 0.853. The molecule has 1 unspecified atom stereocenters. The van der Waals surface area contributed by atoms with E-state index in [1.165, 1.54) is 0 Å². The maximum Gasteiger partial charge on any atom is 0.260 e. The van der Waals surface area contributed by atoms with Crippen molar-refractivity contribution in [1.29, 1.82) is 0 Å². The molecule has 0 spiro atoms. The number of anilines is 1. The molecule has 0 bridgehead atoms. The van der Waals surface area contributed by atoms with Crippen molar-refractivity contribution in [3.63, 3.8) is 0 Å². The number of aromatic nitrogens is 2. The van der Waals surface area contributed by atoms with Crippen molar-refractivity contribution in [2.75, 3.05) is 11.9 Å². The van der Waals surface area contributed by atoms with E-state index in [2.05, 4.69) is 15.0 Å². The highest BCUT2D eigenvalue weighted by atomic mass is 32.2. The van der Waals surface area contributed by atoms with E-state index in [1.54, 1.807) is 22.7 Å². The first-order valence-electron chi connectivity index (χ1n) is 6.72. The maximum absolute atomic E-state index is 12.6. The molecule has 0 aliphatic rings. The lowest BCUT2D eigenvalue weighted by molar-refractivity contribution is 0.552. The van der Waals surface area contributed by atoms with Crippen molar-refractivity contribution in [2.24, 2.45) is 0 Å². The standard InChI is InChI=1S/C13H20N4O2S/c1-4-10(3)16-20(18,19)13-12(14-5-2)15-11-8-6-7-9-17(11)13/h6-10,14,16H,4-5H2,1-3H3. The van der Waals surface area contributed by atoms with Crippen LogP contribution in [-0.4, -0.2) is 30.4 Å². The molecule has 2 rings (SSSR count). The van der Waals surface area contributed by atoms with Gasteiger partial charge in [-0.25, -0.2) is 18.1 Å². The second-order valence-electron chi connectivity index (χ2n) is 4.66. The first-order valence-corrected chi connectivity index (χ1v) is 8.21. The minimum atomic E-state index is -3.62. The maximum atomic E-state index is 12.6. The van der Waals surface area contributed by atoms with Crippen LogP contribution < -0.4 is 10.0 Å². The number of pyridine rings is 1. The van der Waals surface area contributed by atoms with Crippen LogP contribution in [0.25, 0.3) is 5.65 Å². The SMILES string of the molecule is CCNc1nc2ccccn2c1S(=O)(=O)NC(C)CC. The molecule has 1 atom stereocenters. The van der Waals surface area contributed by atoms with Crippen LogP contribution in [0, 0.1) is 0 Å². The number of hydrogen-bond acceptors (Lipinski definition) is 4. The molecule has 7 heteroatoms. The Balaban J connectivity index is 2.58. The monoisotopic (exact) mass is 296 g/mol. The van der Waals surface area contributed by atoms with Gasteiger partial charge in [-0.1, -0.05) is 13.0 Å². The van der Waals surface area contributed by atoms with Crippen molar-refractivity contribution >= 4 is 21.5 Å². The van der Waals surface area contributed by atoms with Crippen molar-refractivity contribution in [1.82, 2.24) is 14.1 Å². The molecule has 2 aromatic rings. The molecule has 2 aromatic heterocycles. The molecule has 20 heavy (non-hydrogen) atoms. The first-order chi connectivity index (χ1) is 9.49. The number of nitrogens with one attached hydrogen (secondary N) is 2. The summed E-state index contributed by atoms with van der Waals surface area (Å²) in [6, 6.07) is 5.27. The lowest BCUT2D eigenvalue weighted by atomic mass is 10.3. The Bertz CT molecular complexity index is 693. The van der Waals surface area contributed by atoms with Crippen LogP contribution >= 0.6 is 0 Å². The number of sulfonamides is 1. The average molecular weight is 296 g/mol. The normalized spacial score (nSPS) is 13.6. The summed E-state index contributed by atoms with van der Waals surface area (Å²) in [6.45, 7) is 6.29. The van der Waals surface area contributed by atoms with Gasteiger partial charge in [-0.3, -0.25) is 4.40 Å². The van der Waals surface area contributed by atoms with Gasteiger partial charge in [0.15, 0.2) is 10.8 Å². The molecule has 0 aliphatic heterocycles. The summed E-state index contributed by atoms with van der Waals surface area (Å²) in [7, 11) is -3.62. The topological polar surface area (TPSA) is 75.5 Å². The summed E-state index contributed by atoms with van der Waals surface area (Å²) >= 11 is 0. The van der Waals surface area contributed by atoms with E-state index in [0.29, 0.717) is 18.0 Å². The zero-order valence-corrected chi connectivity index (χ0v) is 12.7. The molecule has 2 N–H and O–H groups in total. The fourth-order valence-corrected chi connectivity index (χ4v) is 3.51. The van der Waals surface area contributed by atoms with Gasteiger partial charge >= 0.3 is 0 Å². The van der Waals surface area contributed by atoms with Gasteiger partial charge in [0.05, 0.1) is 0 Å². The first kappa shape index (κ1) is 14.8. The Kier molecular flexibility index (Phi) is 4.29. The van der Waals surface area contributed by atoms with E-state index in [9.17, 15) is 8.42 Å². The Hall–Kier alpha value is -1.60. The lowest BCUT2D eigenvalue weighted by Gasteiger charge is -2.13. The van der Waals surface area contributed by atoms with Crippen molar-refractivity contribution in [2.45, 2.75) is 38.3 Å². The highest BCUT2D eigenvalue weighted by Gasteiger charge is 2.26. The molecule has 0 radical (unpaired) electrons. The average Bonchev–Trinajstić information content (AvgIpc) is 2.77. The molecule has 0 saturated heterocycles. The Morgan fingerprint density at radius 3 is 2.75 bits per heavy atom. The summed E-state index contributed by atoms with van der Waals surface area (Å²) in [5.74, 6) is 0.384. The van der Waals surface area contributed by atoms with Crippen molar-refractivity contribution < 1.29 is 8.42 Å². The molecule has 0 amide bonds. The second-order valence-corrected chi connectivity index (χ2v) is 6.28. The van der Waals surface area contributed by atoms with Crippen LogP contribution in [0.3, 0.4) is 0 Å². The van der Waals surface area contributed by atoms with Crippen molar-refractivity contribution in [3.05, 3.63) is 24.4 Å². The van der Waals surface area contributed by atoms with Crippen LogP contribution in [0.4, 0.5) is 5.82 Å². The molecule has 0 saturated carbocycles. The predicted molar refractivity (Wildman–Crippen MR) is 79.4 cm³/mol. The number of rotatable bonds is 6. The third kappa shape index (κ3) is 2.78. The minimum Gasteiger partial charge on any atom is -0.368 e. The van der Waals surface area contributed by atoms with E-state index in [-0.39, 0.29) is 11.1 Å². The highest BCUT2D eigenvalue weighted by Crippen LogP contribution is 2.22. The smallest absolute Gasteiger partial charge is 0.260 e. The molecule has 6 nitrogen and oxygen atoms in total. The van der Waals surface area contributed by atoms with E-state index in [4.69, 9.17) is 0 Å². The molecule has 110 valence electrons. The van der Waals surface area contributed by atoms with Crippen molar-refractivity contribution in [3.8, 4) is 0 Å². The molecule has 2 heterocycles. The molecule has 0 aliphatic carbocycles. The van der Waals surface area contributed by atoms with Crippen LogP contribution in [0.2, 0.25) is 0 Å². The summed E-state index contributed by atoms with van der Waals surface area (Å²) in [6.07, 6.45) is 2.43. The lowest BCUT2D eigenvalue weighted by Crippen LogP contribution is -2.33. The minimum absolute atomic E-state index is 0.122. The fraction of sp³-hybridized carbons (Fsp3) is 0.462. The third-order valence-corrected chi connectivity index (χ3v) is 4.67. The van der Waals surface area contributed by atoms with Gasteiger partial charge in [-0.2, -0.15) is 0 Å². The number of hydrogen-bond donors (Lipinski definition) is 2. The number of imidazole rings is 1. The van der Waals surface area contributed by atoms with Gasteiger partial charge in [0, 0.05) is 18.8 Å². The van der Waals surface area contributed by atoms with E-state index >= 15 is 0 Å². The Morgan fingerprint density at radius 1 is 1.35 bits per heavy atom. The molecule has 0 aromatic carbocycles. The summed E-state index contributed by atoms with van der Waals surface area (Å²) in [5.41, 5.74) is 0.605. The Morgan fingerprint density at radius 2 is 2.10 bits per heavy atom. The van der Waals surface area contributed by atoms with E-state index in [1.807, 2.05) is 26.8 Å². The summed E-state index contributed by atoms with van der Waals surface area (Å²) < 4.78 is 29.4. The van der Waals surface area contributed by atoms with Crippen LogP contribution in [0.1, 0.15) is 27.2 Å². The van der Waals surface area contributed by atoms with E-state index < -0.39 is 10.0 Å². The second kappa shape index (κ2) is 5.80. The molecular weight excluding hydrogens is 276 g/mol. The zero-order valence-electron chi connectivity index (χ0n) is 11.9. The van der Waals surface area contributed by atoms with Gasteiger partial charge in [0.2, 0.25) is 0 Å². The van der Waals surface area contributed by atoms with Gasteiger partial charge in [0.25, 0.3) is 10.0 Å². The fourth-order valence-electron chi connectivity index (χ4n) is 1.92. The third-order valence-electron chi connectivity index (χ3n) is 3.05. The predicted octanol–water partition coefficient (Wildman–Crippen LogP) is 1.84. The summed E-state index contributed by atoms with van der Waals surface area (Å²) in [5, 5.41) is 3.17. The Labute approximate surface area is 119 Å². The van der Waals surface area contributed by atoms with Crippen LogP contribution in [0.15, 0.2) is 29.4 Å². The van der Waals surface area contributed by atoms with Gasteiger partial charge in [0.1, 0.15) is 5.65 Å². The molecular formula is C13H20N4O2S. The van der Waals surface area contributed by atoms with E-state index in [0.717, 1.165) is 6.42 Å². The zero-order chi connectivity index (χ0) is 14.8. The molecule has 0 fully saturated rings.